The molecule has 0 fully saturated rings. The number of carbonyl (C=O) groups is 1. The van der Waals surface area contributed by atoms with Gasteiger partial charge in [-0.05, 0) is 42.5 Å². The molecule has 10 heteroatoms. The van der Waals surface area contributed by atoms with Gasteiger partial charge in [-0.2, -0.15) is 9.78 Å². The van der Waals surface area contributed by atoms with Crippen LogP contribution in [-0.4, -0.2) is 35.5 Å². The number of nitrogens with zero attached hydrogens (tertiary/aromatic N) is 3. The summed E-state index contributed by atoms with van der Waals surface area (Å²) in [5, 5.41) is 7.76. The van der Waals surface area contributed by atoms with Crippen molar-refractivity contribution in [2.75, 3.05) is 19.0 Å². The van der Waals surface area contributed by atoms with Gasteiger partial charge in [0.2, 0.25) is 0 Å². The lowest BCUT2D eigenvalue weighted by Crippen LogP contribution is -2.29. The molecular weight excluding hydrogens is 616 g/mol. The highest BCUT2D eigenvalue weighted by Gasteiger charge is 2.23. The van der Waals surface area contributed by atoms with Gasteiger partial charge in [0, 0.05) is 25.6 Å². The predicted molar refractivity (Wildman–Crippen MR) is 157 cm³/mol. The summed E-state index contributed by atoms with van der Waals surface area (Å²) in [4.78, 5) is 30.8. The highest BCUT2D eigenvalue weighted by atomic mass is 79.9. The first-order valence-corrected chi connectivity index (χ1v) is 13.3. The Labute approximate surface area is 236 Å². The molecule has 8 nitrogen and oxygen atoms in total. The first kappa shape index (κ1) is 27.5. The molecule has 1 heterocycles. The van der Waals surface area contributed by atoms with E-state index in [1.165, 1.54) is 18.0 Å². The molecule has 0 atom stereocenters. The summed E-state index contributed by atoms with van der Waals surface area (Å²) in [6, 6.07) is 18.0. The van der Waals surface area contributed by atoms with E-state index in [4.69, 9.17) is 14.5 Å². The number of rotatable bonds is 7. The Bertz CT molecular complexity index is 1580. The number of para-hydroxylation sites is 1. The highest BCUT2D eigenvalue weighted by Crippen LogP contribution is 2.34. The molecular formula is C28H26Br2N4O4. The predicted octanol–water partition coefficient (Wildman–Crippen LogP) is 6.13. The van der Waals surface area contributed by atoms with E-state index in [1.807, 2.05) is 45.0 Å². The molecule has 1 N–H and O–H groups in total. The van der Waals surface area contributed by atoms with Crippen LogP contribution < -0.4 is 20.3 Å². The van der Waals surface area contributed by atoms with Gasteiger partial charge < -0.3 is 14.8 Å². The summed E-state index contributed by atoms with van der Waals surface area (Å²) >= 11 is 6.90. The molecule has 4 aromatic rings. The van der Waals surface area contributed by atoms with Crippen LogP contribution >= 0.6 is 31.9 Å². The van der Waals surface area contributed by atoms with E-state index in [1.54, 1.807) is 36.4 Å². The summed E-state index contributed by atoms with van der Waals surface area (Å²) in [7, 11) is 1.51. The molecule has 0 aliphatic rings. The highest BCUT2D eigenvalue weighted by molar-refractivity contribution is 9.10. The van der Waals surface area contributed by atoms with Crippen LogP contribution in [0.25, 0.3) is 10.9 Å². The summed E-state index contributed by atoms with van der Waals surface area (Å²) in [6.07, 6.45) is 1.50. The average molecular weight is 642 g/mol. The number of ether oxygens (including phenoxy) is 2. The standard InChI is InChI=1S/C28H26Br2N4O4/c1-28(2,3)27-33-22-11-10-18(29)13-21(22)26(36)34(27)31-15-17-12-19(30)14-23(37-4)25(17)38-16-24(35)32-20-8-6-5-7-9-20/h5-15H,16H2,1-4H3,(H,32,35). The van der Waals surface area contributed by atoms with Crippen molar-refractivity contribution in [2.45, 2.75) is 26.2 Å². The maximum Gasteiger partial charge on any atom is 0.282 e. The van der Waals surface area contributed by atoms with Gasteiger partial charge in [0.25, 0.3) is 11.5 Å². The Hall–Kier alpha value is -3.50. The molecule has 1 amide bonds. The molecule has 0 saturated heterocycles. The van der Waals surface area contributed by atoms with Crippen LogP contribution in [0, 0.1) is 0 Å². The van der Waals surface area contributed by atoms with Gasteiger partial charge in [-0.1, -0.05) is 70.8 Å². The smallest absolute Gasteiger partial charge is 0.282 e. The SMILES string of the molecule is COc1cc(Br)cc(C=Nn2c(C(C)(C)C)nc3ccc(Br)cc3c2=O)c1OCC(=O)Nc1ccccc1. The first-order chi connectivity index (χ1) is 18.1. The third-order valence-corrected chi connectivity index (χ3v) is 6.42. The van der Waals surface area contributed by atoms with Gasteiger partial charge in [-0.3, -0.25) is 9.59 Å². The molecule has 0 spiro atoms. The Kier molecular flexibility index (Phi) is 8.32. The largest absolute Gasteiger partial charge is 0.493 e. The quantitative estimate of drug-likeness (QED) is 0.245. The van der Waals surface area contributed by atoms with Crippen LogP contribution in [0.5, 0.6) is 11.5 Å². The Morgan fingerprint density at radius 1 is 1.08 bits per heavy atom. The normalized spacial score (nSPS) is 11.6. The summed E-state index contributed by atoms with van der Waals surface area (Å²) in [6.45, 7) is 5.64. The van der Waals surface area contributed by atoms with Crippen molar-refractivity contribution in [2.24, 2.45) is 5.10 Å². The van der Waals surface area contributed by atoms with Gasteiger partial charge in [0.15, 0.2) is 18.1 Å². The third kappa shape index (κ3) is 6.31. The molecule has 4 rings (SSSR count). The number of carbonyl (C=O) groups excluding carboxylic acids is 1. The second-order valence-corrected chi connectivity index (χ2v) is 11.3. The summed E-state index contributed by atoms with van der Waals surface area (Å²) in [5.74, 6) is 0.877. The molecule has 0 bridgehead atoms. The van der Waals surface area contributed by atoms with Crippen LogP contribution in [0.2, 0.25) is 0 Å². The van der Waals surface area contributed by atoms with Crippen LogP contribution in [0.3, 0.4) is 0 Å². The molecule has 0 aliphatic carbocycles. The van der Waals surface area contributed by atoms with Gasteiger partial charge in [0.05, 0.1) is 24.2 Å². The van der Waals surface area contributed by atoms with E-state index >= 15 is 0 Å². The fourth-order valence-electron chi connectivity index (χ4n) is 3.71. The number of hydrogen-bond donors (Lipinski definition) is 1. The average Bonchev–Trinajstić information content (AvgIpc) is 2.87. The number of anilines is 1. The molecule has 1 aromatic heterocycles. The van der Waals surface area contributed by atoms with Crippen molar-refractivity contribution >= 4 is 60.6 Å². The van der Waals surface area contributed by atoms with E-state index in [0.29, 0.717) is 43.9 Å². The van der Waals surface area contributed by atoms with Crippen molar-refractivity contribution in [3.05, 3.63) is 91.4 Å². The van der Waals surface area contributed by atoms with E-state index < -0.39 is 5.41 Å². The van der Waals surface area contributed by atoms with Crippen molar-refractivity contribution in [1.82, 2.24) is 9.66 Å². The third-order valence-electron chi connectivity index (χ3n) is 5.46. The molecule has 0 aliphatic heterocycles. The number of nitrogens with one attached hydrogen (secondary N) is 1. The monoisotopic (exact) mass is 640 g/mol. The van der Waals surface area contributed by atoms with Crippen LogP contribution in [0.15, 0.2) is 79.5 Å². The van der Waals surface area contributed by atoms with Crippen molar-refractivity contribution in [1.29, 1.82) is 0 Å². The summed E-state index contributed by atoms with van der Waals surface area (Å²) < 4.78 is 14.2. The lowest BCUT2D eigenvalue weighted by molar-refractivity contribution is -0.118. The summed E-state index contributed by atoms with van der Waals surface area (Å²) in [5.41, 5.74) is 0.984. The zero-order valence-corrected chi connectivity index (χ0v) is 24.5. The van der Waals surface area contributed by atoms with Crippen LogP contribution in [-0.2, 0) is 10.2 Å². The number of hydrogen-bond acceptors (Lipinski definition) is 6. The van der Waals surface area contributed by atoms with Gasteiger partial charge in [-0.25, -0.2) is 4.98 Å². The molecule has 38 heavy (non-hydrogen) atoms. The zero-order valence-electron chi connectivity index (χ0n) is 21.3. The Morgan fingerprint density at radius 3 is 2.50 bits per heavy atom. The zero-order chi connectivity index (χ0) is 27.4. The van der Waals surface area contributed by atoms with Crippen molar-refractivity contribution in [3.63, 3.8) is 0 Å². The van der Waals surface area contributed by atoms with E-state index in [9.17, 15) is 9.59 Å². The second-order valence-electron chi connectivity index (χ2n) is 9.44. The van der Waals surface area contributed by atoms with Crippen LogP contribution in [0.4, 0.5) is 5.69 Å². The minimum Gasteiger partial charge on any atom is -0.493 e. The fraction of sp³-hybridized carbons (Fsp3) is 0.214. The number of halogens is 2. The number of methoxy groups -OCH3 is 1. The van der Waals surface area contributed by atoms with Gasteiger partial charge >= 0.3 is 0 Å². The Balaban J connectivity index is 1.73. The maximum absolute atomic E-state index is 13.5. The lowest BCUT2D eigenvalue weighted by Gasteiger charge is -2.21. The molecule has 196 valence electrons. The minimum absolute atomic E-state index is 0.257. The minimum atomic E-state index is -0.471. The number of amides is 1. The number of aromatic nitrogens is 2. The molecule has 0 radical (unpaired) electrons. The first-order valence-electron chi connectivity index (χ1n) is 11.7. The van der Waals surface area contributed by atoms with E-state index in [2.05, 4.69) is 42.3 Å². The van der Waals surface area contributed by atoms with E-state index in [-0.39, 0.29) is 18.1 Å². The Morgan fingerprint density at radius 2 is 1.82 bits per heavy atom. The number of fused-ring (bicyclic) bond motifs is 1. The van der Waals surface area contributed by atoms with E-state index in [0.717, 1.165) is 4.47 Å². The lowest BCUT2D eigenvalue weighted by atomic mass is 9.95. The molecule has 0 saturated carbocycles. The number of benzene rings is 3. The van der Waals surface area contributed by atoms with Crippen molar-refractivity contribution in [3.8, 4) is 11.5 Å². The van der Waals surface area contributed by atoms with Gasteiger partial charge in [-0.15, -0.1) is 0 Å². The van der Waals surface area contributed by atoms with Crippen LogP contribution in [0.1, 0.15) is 32.2 Å². The molecule has 3 aromatic carbocycles. The second kappa shape index (κ2) is 11.5. The topological polar surface area (TPSA) is 94.8 Å². The van der Waals surface area contributed by atoms with Gasteiger partial charge in [0.1, 0.15) is 5.82 Å². The van der Waals surface area contributed by atoms with Crippen molar-refractivity contribution < 1.29 is 14.3 Å². The fourth-order valence-corrected chi connectivity index (χ4v) is 4.52. The maximum atomic E-state index is 13.5. The molecule has 0 unspecified atom stereocenters.